The van der Waals surface area contributed by atoms with Gasteiger partial charge >= 0.3 is 0 Å². The summed E-state index contributed by atoms with van der Waals surface area (Å²) in [7, 11) is 0. The molecule has 1 heterocycles. The molecule has 1 N–H and O–H groups in total. The highest BCUT2D eigenvalue weighted by atomic mass is 35.5. The van der Waals surface area contributed by atoms with Crippen molar-refractivity contribution < 1.29 is 4.79 Å². The molecule has 2 rings (SSSR count). The van der Waals surface area contributed by atoms with Gasteiger partial charge in [-0.25, -0.2) is 0 Å². The van der Waals surface area contributed by atoms with Crippen molar-refractivity contribution in [3.05, 3.63) is 28.2 Å². The van der Waals surface area contributed by atoms with Crippen molar-refractivity contribution in [1.29, 1.82) is 0 Å². The summed E-state index contributed by atoms with van der Waals surface area (Å²) < 4.78 is 0.978. The van der Waals surface area contributed by atoms with Crippen LogP contribution in [-0.2, 0) is 4.79 Å². The van der Waals surface area contributed by atoms with Gasteiger partial charge < -0.3 is 5.32 Å². The molecule has 1 aromatic carbocycles. The van der Waals surface area contributed by atoms with Gasteiger partial charge in [0, 0.05) is 21.5 Å². The van der Waals surface area contributed by atoms with Gasteiger partial charge in [-0.2, -0.15) is 0 Å². The van der Waals surface area contributed by atoms with Crippen LogP contribution in [0.3, 0.4) is 0 Å². The van der Waals surface area contributed by atoms with Crippen LogP contribution in [0, 0.1) is 0 Å². The van der Waals surface area contributed by atoms with Gasteiger partial charge in [-0.05, 0) is 25.1 Å². The Balaban J connectivity index is 1.95. The van der Waals surface area contributed by atoms with E-state index >= 15 is 0 Å². The summed E-state index contributed by atoms with van der Waals surface area (Å²) in [5.74, 6) is 0.916. The maximum Gasteiger partial charge on any atom is 0.237 e. The second kappa shape index (κ2) is 6.88. The Hall–Kier alpha value is -0.360. The van der Waals surface area contributed by atoms with Crippen molar-refractivity contribution in [2.75, 3.05) is 17.6 Å². The van der Waals surface area contributed by atoms with E-state index in [4.69, 9.17) is 23.2 Å². The van der Waals surface area contributed by atoms with E-state index in [1.165, 1.54) is 11.8 Å². The minimum Gasteiger partial charge on any atom is -0.325 e. The summed E-state index contributed by atoms with van der Waals surface area (Å²) in [5, 5.41) is 3.60. The molecule has 0 bridgehead atoms. The van der Waals surface area contributed by atoms with E-state index in [9.17, 15) is 4.79 Å². The molecular weight excluding hydrogens is 323 g/mol. The maximum atomic E-state index is 12.0. The molecule has 0 radical (unpaired) electrons. The van der Waals surface area contributed by atoms with Crippen LogP contribution in [0.25, 0.3) is 0 Å². The van der Waals surface area contributed by atoms with Crippen molar-refractivity contribution in [2.45, 2.75) is 12.2 Å². The van der Waals surface area contributed by atoms with E-state index in [1.54, 1.807) is 30.0 Å². The highest BCUT2D eigenvalue weighted by Crippen LogP contribution is 2.27. The Bertz CT molecular complexity index is 502. The van der Waals surface area contributed by atoms with Gasteiger partial charge in [0.25, 0.3) is 0 Å². The van der Waals surface area contributed by atoms with E-state index in [-0.39, 0.29) is 11.2 Å². The van der Waals surface area contributed by atoms with Crippen molar-refractivity contribution in [1.82, 2.24) is 0 Å². The van der Waals surface area contributed by atoms with Gasteiger partial charge in [-0.1, -0.05) is 46.7 Å². The molecular formula is C12H12Cl2N2OS2. The quantitative estimate of drug-likeness (QED) is 0.902. The average molecular weight is 335 g/mol. The molecule has 1 amide bonds. The predicted octanol–water partition coefficient (Wildman–Crippen LogP) is 4.16. The number of benzene rings is 1. The van der Waals surface area contributed by atoms with Crippen LogP contribution >= 0.6 is 46.7 Å². The molecule has 0 unspecified atom stereocenters. The van der Waals surface area contributed by atoms with Gasteiger partial charge in [-0.15, -0.1) is 0 Å². The lowest BCUT2D eigenvalue weighted by atomic mass is 10.3. The largest absolute Gasteiger partial charge is 0.325 e. The zero-order valence-electron chi connectivity index (χ0n) is 10.2. The lowest BCUT2D eigenvalue weighted by Crippen LogP contribution is -2.23. The van der Waals surface area contributed by atoms with Crippen molar-refractivity contribution in [3.8, 4) is 0 Å². The average Bonchev–Trinajstić information content (AvgIpc) is 2.80. The summed E-state index contributed by atoms with van der Waals surface area (Å²) in [6.07, 6.45) is 0. The molecule has 19 heavy (non-hydrogen) atoms. The number of amides is 1. The Morgan fingerprint density at radius 1 is 1.42 bits per heavy atom. The van der Waals surface area contributed by atoms with Crippen molar-refractivity contribution in [2.24, 2.45) is 4.99 Å². The smallest absolute Gasteiger partial charge is 0.237 e. The number of halogens is 2. The van der Waals surface area contributed by atoms with Crippen LogP contribution in [0.15, 0.2) is 23.2 Å². The zero-order valence-corrected chi connectivity index (χ0v) is 13.3. The van der Waals surface area contributed by atoms with Gasteiger partial charge in [0.15, 0.2) is 0 Å². The molecule has 0 saturated heterocycles. The molecule has 7 heteroatoms. The van der Waals surface area contributed by atoms with E-state index in [0.717, 1.165) is 16.7 Å². The van der Waals surface area contributed by atoms with Gasteiger partial charge in [0.1, 0.15) is 4.38 Å². The molecule has 0 fully saturated rings. The first kappa shape index (κ1) is 15.0. The fourth-order valence-corrected chi connectivity index (χ4v) is 4.12. The number of carbonyl (C=O) groups excluding carboxylic acids is 1. The predicted molar refractivity (Wildman–Crippen MR) is 86.9 cm³/mol. The van der Waals surface area contributed by atoms with Gasteiger partial charge in [0.05, 0.1) is 11.8 Å². The van der Waals surface area contributed by atoms with E-state index in [1.807, 2.05) is 6.92 Å². The van der Waals surface area contributed by atoms with Crippen molar-refractivity contribution >= 4 is 62.7 Å². The van der Waals surface area contributed by atoms with Gasteiger partial charge in [-0.3, -0.25) is 9.79 Å². The second-order valence-electron chi connectivity index (χ2n) is 3.90. The standard InChI is InChI=1S/C12H12Cl2N2OS2/c1-7(19-12-15-2-3-18-12)11(17)16-10-5-8(13)4-9(14)6-10/h4-7H,2-3H2,1H3,(H,16,17)/t7-/m0/s1. The molecule has 0 spiro atoms. The molecule has 0 saturated carbocycles. The van der Waals surface area contributed by atoms with E-state index in [2.05, 4.69) is 10.3 Å². The number of nitrogens with one attached hydrogen (secondary N) is 1. The molecule has 102 valence electrons. The minimum atomic E-state index is -0.206. The summed E-state index contributed by atoms with van der Waals surface area (Å²) in [5.41, 5.74) is 0.607. The van der Waals surface area contributed by atoms with Crippen LogP contribution < -0.4 is 5.32 Å². The number of rotatable bonds is 3. The van der Waals surface area contributed by atoms with Crippen LogP contribution in [0.1, 0.15) is 6.92 Å². The number of nitrogens with zero attached hydrogens (tertiary/aromatic N) is 1. The van der Waals surface area contributed by atoms with E-state index in [0.29, 0.717) is 15.7 Å². The Kier molecular flexibility index (Phi) is 5.45. The highest BCUT2D eigenvalue weighted by molar-refractivity contribution is 8.39. The molecule has 0 aliphatic carbocycles. The van der Waals surface area contributed by atoms with Crippen LogP contribution in [-0.4, -0.2) is 27.8 Å². The fourth-order valence-electron chi connectivity index (χ4n) is 1.46. The topological polar surface area (TPSA) is 41.5 Å². The number of hydrogen-bond donors (Lipinski definition) is 1. The molecule has 0 aromatic heterocycles. The monoisotopic (exact) mass is 334 g/mol. The third-order valence-electron chi connectivity index (χ3n) is 2.33. The second-order valence-corrected chi connectivity index (χ2v) is 7.45. The normalized spacial score (nSPS) is 16.1. The fraction of sp³-hybridized carbons (Fsp3) is 0.333. The summed E-state index contributed by atoms with van der Waals surface area (Å²) >= 11 is 14.9. The lowest BCUT2D eigenvalue weighted by Gasteiger charge is -2.12. The molecule has 1 atom stereocenters. The first-order chi connectivity index (χ1) is 9.04. The van der Waals surface area contributed by atoms with Gasteiger partial charge in [0.2, 0.25) is 5.91 Å². The van der Waals surface area contributed by atoms with Crippen LogP contribution in [0.4, 0.5) is 5.69 Å². The Labute approximate surface area is 130 Å². The number of carbonyl (C=O) groups is 1. The number of anilines is 1. The minimum absolute atomic E-state index is 0.0847. The summed E-state index contributed by atoms with van der Waals surface area (Å²) in [6.45, 7) is 2.69. The summed E-state index contributed by atoms with van der Waals surface area (Å²) in [6, 6.07) is 4.97. The first-order valence-electron chi connectivity index (χ1n) is 5.65. The molecule has 1 aromatic rings. The zero-order chi connectivity index (χ0) is 13.8. The molecule has 1 aliphatic heterocycles. The number of thioether (sulfide) groups is 2. The summed E-state index contributed by atoms with van der Waals surface area (Å²) in [4.78, 5) is 16.4. The maximum absolute atomic E-state index is 12.0. The van der Waals surface area contributed by atoms with Crippen molar-refractivity contribution in [3.63, 3.8) is 0 Å². The third kappa shape index (κ3) is 4.60. The van der Waals surface area contributed by atoms with Crippen LogP contribution in [0.5, 0.6) is 0 Å². The SMILES string of the molecule is C[C@H](SC1=NCCS1)C(=O)Nc1cc(Cl)cc(Cl)c1. The third-order valence-corrected chi connectivity index (χ3v) is 5.07. The number of hydrogen-bond acceptors (Lipinski definition) is 4. The van der Waals surface area contributed by atoms with Crippen LogP contribution in [0.2, 0.25) is 10.0 Å². The molecule has 3 nitrogen and oxygen atoms in total. The Morgan fingerprint density at radius 2 is 2.11 bits per heavy atom. The Morgan fingerprint density at radius 3 is 2.68 bits per heavy atom. The lowest BCUT2D eigenvalue weighted by molar-refractivity contribution is -0.115. The highest BCUT2D eigenvalue weighted by Gasteiger charge is 2.19. The molecule has 1 aliphatic rings. The number of aliphatic imine (C=N–C) groups is 1. The van der Waals surface area contributed by atoms with E-state index < -0.39 is 0 Å². The first-order valence-corrected chi connectivity index (χ1v) is 8.27.